The first-order valence-electron chi connectivity index (χ1n) is 3.40. The summed E-state index contributed by atoms with van der Waals surface area (Å²) < 4.78 is 0. The van der Waals surface area contributed by atoms with Crippen molar-refractivity contribution >= 4 is 0 Å². The first-order chi connectivity index (χ1) is 4.30. The largest absolute Gasteiger partial charge is 0.384 e. The molecule has 0 saturated heterocycles. The van der Waals surface area contributed by atoms with Crippen molar-refractivity contribution in [1.82, 2.24) is 5.32 Å². The molecule has 1 heteroatoms. The number of hydrogen-bond donors (Lipinski definition) is 1. The Kier molecular flexibility index (Phi) is 1.93. The van der Waals surface area contributed by atoms with E-state index in [1.54, 1.807) is 0 Å². The van der Waals surface area contributed by atoms with Gasteiger partial charge in [0.15, 0.2) is 0 Å². The second-order valence-electron chi connectivity index (χ2n) is 2.68. The molecule has 0 amide bonds. The summed E-state index contributed by atoms with van der Waals surface area (Å²) in [6.45, 7) is 4.42. The fourth-order valence-corrected chi connectivity index (χ4v) is 0.876. The van der Waals surface area contributed by atoms with Crippen LogP contribution in [0.25, 0.3) is 0 Å². The van der Waals surface area contributed by atoms with Crippen molar-refractivity contribution < 1.29 is 1.43 Å². The maximum atomic E-state index is 3.25. The number of rotatable bonds is 1. The smallest absolute Gasteiger partial charge is 0.0464 e. The maximum absolute atomic E-state index is 3.25. The van der Waals surface area contributed by atoms with E-state index in [4.69, 9.17) is 0 Å². The molecule has 9 heavy (non-hydrogen) atoms. The third-order valence-electron chi connectivity index (χ3n) is 1.53. The van der Waals surface area contributed by atoms with Crippen molar-refractivity contribution in [2.75, 3.05) is 0 Å². The zero-order chi connectivity index (χ0) is 6.69. The molecule has 0 aromatic rings. The van der Waals surface area contributed by atoms with Crippen LogP contribution >= 0.6 is 0 Å². The lowest BCUT2D eigenvalue weighted by atomic mass is 10.0. The first kappa shape index (κ1) is 6.40. The highest BCUT2D eigenvalue weighted by atomic mass is 14.9. The van der Waals surface area contributed by atoms with Crippen LogP contribution in [0.1, 0.15) is 15.3 Å². The quantitative estimate of drug-likeness (QED) is 0.564. The minimum atomic E-state index is 0. The van der Waals surface area contributed by atoms with Crippen molar-refractivity contribution in [2.24, 2.45) is 5.92 Å². The molecule has 1 rings (SSSR count). The molecule has 0 aromatic heterocycles. The summed E-state index contributed by atoms with van der Waals surface area (Å²) >= 11 is 0. The molecular weight excluding hydrogens is 110 g/mol. The summed E-state index contributed by atoms with van der Waals surface area (Å²) in [6, 6.07) is 0.537. The van der Waals surface area contributed by atoms with Crippen LogP contribution in [0.4, 0.5) is 0 Å². The zero-order valence-electron chi connectivity index (χ0n) is 5.96. The van der Waals surface area contributed by atoms with Gasteiger partial charge in [-0.25, -0.2) is 0 Å². The molecule has 0 radical (unpaired) electrons. The van der Waals surface area contributed by atoms with Crippen LogP contribution < -0.4 is 5.32 Å². The van der Waals surface area contributed by atoms with Gasteiger partial charge in [-0.1, -0.05) is 26.0 Å². The van der Waals surface area contributed by atoms with Gasteiger partial charge in [-0.2, -0.15) is 0 Å². The Morgan fingerprint density at radius 2 is 2.22 bits per heavy atom. The molecule has 0 aromatic carbocycles. The van der Waals surface area contributed by atoms with Gasteiger partial charge >= 0.3 is 0 Å². The summed E-state index contributed by atoms with van der Waals surface area (Å²) in [6.07, 6.45) is 8.27. The summed E-state index contributed by atoms with van der Waals surface area (Å²) in [7, 11) is 0. The highest BCUT2D eigenvalue weighted by Gasteiger charge is 2.06. The van der Waals surface area contributed by atoms with Crippen LogP contribution in [-0.2, 0) is 0 Å². The van der Waals surface area contributed by atoms with Crippen molar-refractivity contribution in [1.29, 1.82) is 0 Å². The summed E-state index contributed by atoms with van der Waals surface area (Å²) in [4.78, 5) is 0. The third-order valence-corrected chi connectivity index (χ3v) is 1.53. The van der Waals surface area contributed by atoms with E-state index in [9.17, 15) is 0 Å². The summed E-state index contributed by atoms with van der Waals surface area (Å²) in [5, 5.41) is 3.25. The Morgan fingerprint density at radius 1 is 1.44 bits per heavy atom. The monoisotopic (exact) mass is 125 g/mol. The molecule has 0 spiro atoms. The van der Waals surface area contributed by atoms with E-state index in [0.29, 0.717) is 12.0 Å². The molecule has 1 aliphatic rings. The van der Waals surface area contributed by atoms with Gasteiger partial charge in [0.1, 0.15) is 0 Å². The second kappa shape index (κ2) is 2.72. The molecule has 0 fully saturated rings. The minimum Gasteiger partial charge on any atom is -0.384 e. The second-order valence-corrected chi connectivity index (χ2v) is 2.68. The zero-order valence-corrected chi connectivity index (χ0v) is 5.96. The topological polar surface area (TPSA) is 12.0 Å². The lowest BCUT2D eigenvalue weighted by Crippen LogP contribution is -2.28. The van der Waals surface area contributed by atoms with E-state index < -0.39 is 0 Å². The number of allylic oxidation sites excluding steroid dienone is 2. The molecule has 52 valence electrons. The molecule has 0 saturated carbocycles. The van der Waals surface area contributed by atoms with E-state index in [2.05, 4.69) is 31.3 Å². The minimum absolute atomic E-state index is 0. The van der Waals surface area contributed by atoms with Crippen molar-refractivity contribution in [3.63, 3.8) is 0 Å². The van der Waals surface area contributed by atoms with Gasteiger partial charge in [0.05, 0.1) is 0 Å². The van der Waals surface area contributed by atoms with Gasteiger partial charge in [-0.15, -0.1) is 0 Å². The molecule has 1 nitrogen and oxygen atoms in total. The highest BCUT2D eigenvalue weighted by Crippen LogP contribution is 2.05. The first-order valence-corrected chi connectivity index (χ1v) is 3.40. The SMILES string of the molecule is CC(C)C1C=CC=CN1.[HH]. The molecule has 1 unspecified atom stereocenters. The molecule has 0 aliphatic carbocycles. The van der Waals surface area contributed by atoms with Crippen LogP contribution in [-0.4, -0.2) is 6.04 Å². The summed E-state index contributed by atoms with van der Waals surface area (Å²) in [5.74, 6) is 0.686. The van der Waals surface area contributed by atoms with E-state index in [1.807, 2.05) is 12.3 Å². The summed E-state index contributed by atoms with van der Waals surface area (Å²) in [5.41, 5.74) is 0. The van der Waals surface area contributed by atoms with Gasteiger partial charge in [0, 0.05) is 7.47 Å². The Hall–Kier alpha value is -0.720. The predicted octanol–water partition coefficient (Wildman–Crippen LogP) is 1.93. The van der Waals surface area contributed by atoms with E-state index >= 15 is 0 Å². The van der Waals surface area contributed by atoms with Gasteiger partial charge in [-0.3, -0.25) is 0 Å². The van der Waals surface area contributed by atoms with Crippen LogP contribution in [0.2, 0.25) is 0 Å². The van der Waals surface area contributed by atoms with Gasteiger partial charge in [0.25, 0.3) is 0 Å². The van der Waals surface area contributed by atoms with Crippen LogP contribution in [0.3, 0.4) is 0 Å². The van der Waals surface area contributed by atoms with Gasteiger partial charge in [0.2, 0.25) is 0 Å². The predicted molar refractivity (Wildman–Crippen MR) is 42.2 cm³/mol. The van der Waals surface area contributed by atoms with E-state index in [0.717, 1.165) is 0 Å². The Labute approximate surface area is 57.9 Å². The average molecular weight is 125 g/mol. The number of hydrogen-bond acceptors (Lipinski definition) is 1. The van der Waals surface area contributed by atoms with E-state index in [1.165, 1.54) is 0 Å². The fourth-order valence-electron chi connectivity index (χ4n) is 0.876. The lowest BCUT2D eigenvalue weighted by molar-refractivity contribution is 0.511. The number of nitrogens with one attached hydrogen (secondary N) is 1. The van der Waals surface area contributed by atoms with Crippen LogP contribution in [0, 0.1) is 5.92 Å². The Balaban J connectivity index is 0.000000810. The van der Waals surface area contributed by atoms with Crippen molar-refractivity contribution in [3.8, 4) is 0 Å². The van der Waals surface area contributed by atoms with Crippen LogP contribution in [0.15, 0.2) is 24.4 Å². The van der Waals surface area contributed by atoms with Gasteiger partial charge < -0.3 is 5.32 Å². The molecule has 1 atom stereocenters. The molecule has 0 bridgehead atoms. The average Bonchev–Trinajstić information content (AvgIpc) is 1.90. The Morgan fingerprint density at radius 3 is 2.56 bits per heavy atom. The normalized spacial score (nSPS) is 24.6. The Bertz CT molecular complexity index is 138. The standard InChI is InChI=1S/C8H13N.H2/c1-7(2)8-5-3-4-6-9-8;/h3-9H,1-2H3;1H. The third kappa shape index (κ3) is 1.60. The highest BCUT2D eigenvalue weighted by molar-refractivity contribution is 5.12. The molecule has 1 N–H and O–H groups in total. The van der Waals surface area contributed by atoms with E-state index in [-0.39, 0.29) is 1.43 Å². The van der Waals surface area contributed by atoms with Crippen molar-refractivity contribution in [2.45, 2.75) is 19.9 Å². The number of dihydropyridines is 1. The fraction of sp³-hybridized carbons (Fsp3) is 0.500. The molecule has 1 aliphatic heterocycles. The van der Waals surface area contributed by atoms with Crippen molar-refractivity contribution in [3.05, 3.63) is 24.4 Å². The van der Waals surface area contributed by atoms with Crippen LogP contribution in [0.5, 0.6) is 0 Å². The lowest BCUT2D eigenvalue weighted by Gasteiger charge is -2.18. The molecular formula is C8H15N. The maximum Gasteiger partial charge on any atom is 0.0464 e. The molecule has 1 heterocycles. The van der Waals surface area contributed by atoms with Gasteiger partial charge in [-0.05, 0) is 18.2 Å².